The summed E-state index contributed by atoms with van der Waals surface area (Å²) in [6.45, 7) is 7.08. The van der Waals surface area contributed by atoms with Crippen molar-refractivity contribution < 1.29 is 0 Å². The summed E-state index contributed by atoms with van der Waals surface area (Å²) in [7, 11) is 0. The Bertz CT molecular complexity index is 99.6. The molecule has 0 atom stereocenters. The van der Waals surface area contributed by atoms with Gasteiger partial charge in [-0.05, 0) is 0 Å². The average Bonchev–Trinajstić information content (AvgIpc) is 2.09. The van der Waals surface area contributed by atoms with Crippen LogP contribution in [-0.2, 0) is 0 Å². The Kier molecular flexibility index (Phi) is 5.47. The molecule has 0 aliphatic carbocycles. The van der Waals surface area contributed by atoms with Crippen LogP contribution in [0, 0.1) is 0 Å². The molecule has 2 nitrogen and oxygen atoms in total. The molecule has 0 amide bonds. The first-order valence-corrected chi connectivity index (χ1v) is 5.79. The van der Waals surface area contributed by atoms with Gasteiger partial charge in [-0.3, -0.25) is 9.80 Å². The van der Waals surface area contributed by atoms with Crippen molar-refractivity contribution in [2.45, 2.75) is 0 Å². The molecule has 0 unspecified atom stereocenters. The zero-order valence-corrected chi connectivity index (χ0v) is 9.23. The lowest BCUT2D eigenvalue weighted by Gasteiger charge is -2.34. The van der Waals surface area contributed by atoms with E-state index in [9.17, 15) is 0 Å². The average molecular weight is 206 g/mol. The number of hydrogen-bond acceptors (Lipinski definition) is 4. The first kappa shape index (κ1) is 10.7. The van der Waals surface area contributed by atoms with Gasteiger partial charge in [-0.2, -0.15) is 25.3 Å². The van der Waals surface area contributed by atoms with Crippen LogP contribution in [0.4, 0.5) is 0 Å². The van der Waals surface area contributed by atoms with E-state index in [2.05, 4.69) is 35.1 Å². The van der Waals surface area contributed by atoms with Gasteiger partial charge in [0.1, 0.15) is 0 Å². The molecule has 0 saturated carbocycles. The molecule has 0 aromatic rings. The third kappa shape index (κ3) is 3.56. The van der Waals surface area contributed by atoms with E-state index in [4.69, 9.17) is 0 Å². The van der Waals surface area contributed by atoms with Crippen molar-refractivity contribution in [3.05, 3.63) is 0 Å². The van der Waals surface area contributed by atoms with Crippen LogP contribution in [0.1, 0.15) is 0 Å². The van der Waals surface area contributed by atoms with Gasteiger partial charge < -0.3 is 0 Å². The molecular weight excluding hydrogens is 188 g/mol. The smallest absolute Gasteiger partial charge is 0.0110 e. The minimum Gasteiger partial charge on any atom is -0.300 e. The van der Waals surface area contributed by atoms with Crippen molar-refractivity contribution in [2.24, 2.45) is 0 Å². The van der Waals surface area contributed by atoms with Gasteiger partial charge in [0.25, 0.3) is 0 Å². The minimum absolute atomic E-state index is 0.979. The maximum Gasteiger partial charge on any atom is 0.0110 e. The fraction of sp³-hybridized carbons (Fsp3) is 1.00. The molecule has 12 heavy (non-hydrogen) atoms. The maximum absolute atomic E-state index is 4.23. The molecule has 0 bridgehead atoms. The van der Waals surface area contributed by atoms with Gasteiger partial charge in [0.05, 0.1) is 0 Å². The second kappa shape index (κ2) is 6.13. The topological polar surface area (TPSA) is 6.48 Å². The van der Waals surface area contributed by atoms with Crippen LogP contribution in [0.3, 0.4) is 0 Å². The highest BCUT2D eigenvalue weighted by molar-refractivity contribution is 7.80. The van der Waals surface area contributed by atoms with Crippen LogP contribution in [0.15, 0.2) is 0 Å². The quantitative estimate of drug-likeness (QED) is 0.646. The summed E-state index contributed by atoms with van der Waals surface area (Å²) in [5, 5.41) is 0. The summed E-state index contributed by atoms with van der Waals surface area (Å²) in [6.07, 6.45) is 0. The molecule has 1 aliphatic rings. The molecule has 0 radical (unpaired) electrons. The van der Waals surface area contributed by atoms with Gasteiger partial charge in [0.15, 0.2) is 0 Å². The second-order valence-corrected chi connectivity index (χ2v) is 4.02. The van der Waals surface area contributed by atoms with Crippen LogP contribution in [0.2, 0.25) is 0 Å². The summed E-state index contributed by atoms with van der Waals surface area (Å²) in [6, 6.07) is 0. The Hall–Kier alpha value is 0.620. The van der Waals surface area contributed by atoms with Gasteiger partial charge in [-0.25, -0.2) is 0 Å². The third-order valence-electron chi connectivity index (χ3n) is 2.30. The van der Waals surface area contributed by atoms with Crippen LogP contribution >= 0.6 is 25.3 Å². The van der Waals surface area contributed by atoms with Crippen molar-refractivity contribution >= 4 is 25.3 Å². The molecule has 4 heteroatoms. The Balaban J connectivity index is 2.11. The normalized spacial score (nSPS) is 21.5. The highest BCUT2D eigenvalue weighted by Gasteiger charge is 2.14. The lowest BCUT2D eigenvalue weighted by Crippen LogP contribution is -2.47. The molecule has 0 aromatic heterocycles. The number of nitrogens with zero attached hydrogens (tertiary/aromatic N) is 2. The summed E-state index contributed by atoms with van der Waals surface area (Å²) in [5.41, 5.74) is 0. The van der Waals surface area contributed by atoms with Gasteiger partial charge in [0.2, 0.25) is 0 Å². The van der Waals surface area contributed by atoms with E-state index in [0.29, 0.717) is 0 Å². The van der Waals surface area contributed by atoms with Crippen molar-refractivity contribution in [3.63, 3.8) is 0 Å². The van der Waals surface area contributed by atoms with E-state index in [1.807, 2.05) is 0 Å². The number of hydrogen-bond donors (Lipinski definition) is 2. The molecule has 1 aliphatic heterocycles. The van der Waals surface area contributed by atoms with E-state index in [0.717, 1.165) is 24.6 Å². The van der Waals surface area contributed by atoms with Crippen LogP contribution in [0.25, 0.3) is 0 Å². The molecular formula is C8H18N2S2. The number of piperazine rings is 1. The third-order valence-corrected chi connectivity index (χ3v) is 2.70. The highest BCUT2D eigenvalue weighted by Crippen LogP contribution is 2.01. The van der Waals surface area contributed by atoms with Crippen molar-refractivity contribution in [1.82, 2.24) is 9.80 Å². The lowest BCUT2D eigenvalue weighted by molar-refractivity contribution is 0.144. The molecule has 0 spiro atoms. The number of thiol groups is 2. The van der Waals surface area contributed by atoms with E-state index < -0.39 is 0 Å². The standard InChI is InChI=1S/C8H18N2S2/c11-7-5-9-1-2-10(4-3-9)6-8-12/h11-12H,1-8H2. The van der Waals surface area contributed by atoms with E-state index in [1.165, 1.54) is 26.2 Å². The van der Waals surface area contributed by atoms with Crippen LogP contribution < -0.4 is 0 Å². The molecule has 0 aromatic carbocycles. The minimum atomic E-state index is 0.979. The SMILES string of the molecule is SCCN1CCN(CCS)CC1. The molecule has 1 rings (SSSR count). The predicted octanol–water partition coefficient (Wildman–Crippen LogP) is 0.464. The Morgan fingerprint density at radius 3 is 1.33 bits per heavy atom. The molecule has 1 saturated heterocycles. The van der Waals surface area contributed by atoms with Gasteiger partial charge in [0, 0.05) is 50.8 Å². The van der Waals surface area contributed by atoms with Crippen molar-refractivity contribution in [1.29, 1.82) is 0 Å². The van der Waals surface area contributed by atoms with E-state index in [1.54, 1.807) is 0 Å². The Labute approximate surface area is 86.1 Å². The van der Waals surface area contributed by atoms with E-state index in [-0.39, 0.29) is 0 Å². The van der Waals surface area contributed by atoms with Crippen LogP contribution in [-0.4, -0.2) is 60.6 Å². The van der Waals surface area contributed by atoms with Gasteiger partial charge >= 0.3 is 0 Å². The molecule has 72 valence electrons. The highest BCUT2D eigenvalue weighted by atomic mass is 32.1. The Morgan fingerprint density at radius 2 is 1.08 bits per heavy atom. The first-order valence-electron chi connectivity index (χ1n) is 4.53. The lowest BCUT2D eigenvalue weighted by atomic mass is 10.3. The summed E-state index contributed by atoms with van der Waals surface area (Å²) >= 11 is 8.45. The van der Waals surface area contributed by atoms with E-state index >= 15 is 0 Å². The fourth-order valence-corrected chi connectivity index (χ4v) is 2.09. The number of rotatable bonds is 4. The zero-order chi connectivity index (χ0) is 8.81. The van der Waals surface area contributed by atoms with Gasteiger partial charge in [-0.1, -0.05) is 0 Å². The van der Waals surface area contributed by atoms with Gasteiger partial charge in [-0.15, -0.1) is 0 Å². The first-order chi connectivity index (χ1) is 5.86. The zero-order valence-electron chi connectivity index (χ0n) is 7.45. The predicted molar refractivity (Wildman–Crippen MR) is 60.6 cm³/mol. The monoisotopic (exact) mass is 206 g/mol. The summed E-state index contributed by atoms with van der Waals surface area (Å²) < 4.78 is 0. The fourth-order valence-electron chi connectivity index (χ4n) is 1.52. The van der Waals surface area contributed by atoms with Crippen molar-refractivity contribution in [3.8, 4) is 0 Å². The molecule has 1 fully saturated rings. The van der Waals surface area contributed by atoms with Crippen LogP contribution in [0.5, 0.6) is 0 Å². The Morgan fingerprint density at radius 1 is 0.750 bits per heavy atom. The van der Waals surface area contributed by atoms with Crippen molar-refractivity contribution in [2.75, 3.05) is 50.8 Å². The molecule has 0 N–H and O–H groups in total. The summed E-state index contributed by atoms with van der Waals surface area (Å²) in [5.74, 6) is 1.96. The summed E-state index contributed by atoms with van der Waals surface area (Å²) in [4.78, 5) is 4.95. The molecule has 1 heterocycles. The largest absolute Gasteiger partial charge is 0.300 e. The second-order valence-electron chi connectivity index (χ2n) is 3.13. The maximum atomic E-state index is 4.23.